The Balaban J connectivity index is 2.44. The first-order chi connectivity index (χ1) is 7.99. The average molecular weight is 237 g/mol. The maximum absolute atomic E-state index is 11.2. The zero-order valence-corrected chi connectivity index (χ0v) is 10.5. The summed E-state index contributed by atoms with van der Waals surface area (Å²) < 4.78 is 10.2. The molecule has 0 spiro atoms. The molecule has 2 N–H and O–H groups in total. The summed E-state index contributed by atoms with van der Waals surface area (Å²) in [5.41, 5.74) is 6.76. The number of ether oxygens (including phenoxy) is 2. The summed E-state index contributed by atoms with van der Waals surface area (Å²) >= 11 is 0. The van der Waals surface area contributed by atoms with Crippen LogP contribution < -0.4 is 10.5 Å². The van der Waals surface area contributed by atoms with Crippen LogP contribution in [-0.2, 0) is 9.53 Å². The first-order valence-electron chi connectivity index (χ1n) is 5.67. The first-order valence-corrected chi connectivity index (χ1v) is 5.67. The van der Waals surface area contributed by atoms with Gasteiger partial charge in [-0.1, -0.05) is 12.1 Å². The molecule has 1 unspecified atom stereocenters. The number of esters is 1. The van der Waals surface area contributed by atoms with Crippen LogP contribution in [0.3, 0.4) is 0 Å². The number of carbonyl (C=O) groups excluding carboxylic acids is 1. The van der Waals surface area contributed by atoms with Crippen LogP contribution in [0.15, 0.2) is 24.3 Å². The minimum atomic E-state index is -0.365. The molecule has 0 radical (unpaired) electrons. The van der Waals surface area contributed by atoms with Crippen molar-refractivity contribution in [3.05, 3.63) is 29.8 Å². The van der Waals surface area contributed by atoms with Crippen molar-refractivity contribution in [1.29, 1.82) is 0 Å². The van der Waals surface area contributed by atoms with E-state index < -0.39 is 0 Å². The molecular weight excluding hydrogens is 218 g/mol. The van der Waals surface area contributed by atoms with Gasteiger partial charge in [-0.2, -0.15) is 0 Å². The maximum atomic E-state index is 11.2. The molecule has 0 aromatic heterocycles. The Hall–Kier alpha value is -1.55. The molecule has 0 bridgehead atoms. The van der Waals surface area contributed by atoms with E-state index in [4.69, 9.17) is 15.2 Å². The minimum absolute atomic E-state index is 0.00467. The quantitative estimate of drug-likeness (QED) is 0.796. The van der Waals surface area contributed by atoms with Gasteiger partial charge in [-0.3, -0.25) is 0 Å². The molecule has 1 atom stereocenters. The van der Waals surface area contributed by atoms with Crippen molar-refractivity contribution in [3.8, 4) is 5.75 Å². The molecular formula is C13H19NO3. The molecule has 0 aliphatic rings. The van der Waals surface area contributed by atoms with Gasteiger partial charge in [-0.25, -0.2) is 4.79 Å². The van der Waals surface area contributed by atoms with Crippen molar-refractivity contribution in [2.24, 2.45) is 5.73 Å². The highest BCUT2D eigenvalue weighted by Crippen LogP contribution is 2.15. The van der Waals surface area contributed by atoms with Crippen molar-refractivity contribution >= 4 is 5.97 Å². The molecule has 17 heavy (non-hydrogen) atoms. The fourth-order valence-corrected chi connectivity index (χ4v) is 1.31. The third kappa shape index (κ3) is 4.87. The van der Waals surface area contributed by atoms with E-state index in [9.17, 15) is 4.79 Å². The highest BCUT2D eigenvalue weighted by atomic mass is 16.6. The van der Waals surface area contributed by atoms with E-state index in [0.29, 0.717) is 5.75 Å². The lowest BCUT2D eigenvalue weighted by molar-refractivity contribution is -0.149. The Morgan fingerprint density at radius 2 is 1.82 bits per heavy atom. The summed E-state index contributed by atoms with van der Waals surface area (Å²) in [5, 5.41) is 0. The number of rotatable bonds is 5. The summed E-state index contributed by atoms with van der Waals surface area (Å²) in [6.45, 7) is 5.44. The van der Waals surface area contributed by atoms with Gasteiger partial charge in [-0.15, -0.1) is 0 Å². The van der Waals surface area contributed by atoms with Crippen LogP contribution in [0.2, 0.25) is 0 Å². The highest BCUT2D eigenvalue weighted by molar-refractivity contribution is 5.71. The first kappa shape index (κ1) is 13.5. The van der Waals surface area contributed by atoms with Gasteiger partial charge in [0.2, 0.25) is 0 Å². The Bertz CT molecular complexity index is 357. The van der Waals surface area contributed by atoms with Crippen LogP contribution in [0.4, 0.5) is 0 Å². The zero-order chi connectivity index (χ0) is 12.8. The standard InChI is InChI=1S/C13H19NO3/c1-9(2)17-13(15)8-16-12-6-4-11(5-7-12)10(3)14/h4-7,9-10H,8,14H2,1-3H3. The normalized spacial score (nSPS) is 12.3. The SMILES string of the molecule is CC(C)OC(=O)COc1ccc(C(C)N)cc1. The Morgan fingerprint density at radius 1 is 1.24 bits per heavy atom. The van der Waals surface area contributed by atoms with Crippen LogP contribution >= 0.6 is 0 Å². The molecule has 1 rings (SSSR count). The smallest absolute Gasteiger partial charge is 0.344 e. The van der Waals surface area contributed by atoms with Crippen LogP contribution in [0.5, 0.6) is 5.75 Å². The predicted molar refractivity (Wildman–Crippen MR) is 65.8 cm³/mol. The molecule has 4 heteroatoms. The van der Waals surface area contributed by atoms with E-state index in [2.05, 4.69) is 0 Å². The highest BCUT2D eigenvalue weighted by Gasteiger charge is 2.06. The van der Waals surface area contributed by atoms with Crippen molar-refractivity contribution in [3.63, 3.8) is 0 Å². The number of nitrogens with two attached hydrogens (primary N) is 1. The minimum Gasteiger partial charge on any atom is -0.482 e. The predicted octanol–water partition coefficient (Wildman–Crippen LogP) is 2.04. The summed E-state index contributed by atoms with van der Waals surface area (Å²) in [5.74, 6) is 0.270. The molecule has 1 aromatic rings. The summed E-state index contributed by atoms with van der Waals surface area (Å²) in [7, 11) is 0. The third-order valence-corrected chi connectivity index (χ3v) is 2.13. The molecule has 0 heterocycles. The molecule has 0 fully saturated rings. The number of hydrogen-bond donors (Lipinski definition) is 1. The van der Waals surface area contributed by atoms with Crippen molar-refractivity contribution < 1.29 is 14.3 Å². The van der Waals surface area contributed by atoms with E-state index in [1.165, 1.54) is 0 Å². The topological polar surface area (TPSA) is 61.5 Å². The number of benzene rings is 1. The van der Waals surface area contributed by atoms with E-state index in [0.717, 1.165) is 5.56 Å². The van der Waals surface area contributed by atoms with Crippen LogP contribution in [0.1, 0.15) is 32.4 Å². The van der Waals surface area contributed by atoms with E-state index in [1.54, 1.807) is 26.0 Å². The molecule has 1 aromatic carbocycles. The average Bonchev–Trinajstić information content (AvgIpc) is 2.26. The van der Waals surface area contributed by atoms with Crippen molar-refractivity contribution in [1.82, 2.24) is 0 Å². The van der Waals surface area contributed by atoms with E-state index in [-0.39, 0.29) is 24.7 Å². The van der Waals surface area contributed by atoms with Crippen LogP contribution in [-0.4, -0.2) is 18.7 Å². The molecule has 0 aliphatic carbocycles. The molecule has 0 aliphatic heterocycles. The van der Waals surface area contributed by atoms with E-state index >= 15 is 0 Å². The second-order valence-corrected chi connectivity index (χ2v) is 4.19. The molecule has 94 valence electrons. The molecule has 0 saturated heterocycles. The number of hydrogen-bond acceptors (Lipinski definition) is 4. The van der Waals surface area contributed by atoms with Gasteiger partial charge in [0.1, 0.15) is 5.75 Å². The Morgan fingerprint density at radius 3 is 2.29 bits per heavy atom. The van der Waals surface area contributed by atoms with Gasteiger partial charge in [0.05, 0.1) is 6.10 Å². The van der Waals surface area contributed by atoms with Gasteiger partial charge in [0, 0.05) is 6.04 Å². The van der Waals surface area contributed by atoms with Gasteiger partial charge in [0.15, 0.2) is 6.61 Å². The summed E-state index contributed by atoms with van der Waals surface area (Å²) in [6, 6.07) is 7.35. The van der Waals surface area contributed by atoms with Gasteiger partial charge < -0.3 is 15.2 Å². The molecule has 4 nitrogen and oxygen atoms in total. The Kier molecular flexibility index (Phi) is 4.97. The summed E-state index contributed by atoms with van der Waals surface area (Å²) in [6.07, 6.45) is -0.119. The summed E-state index contributed by atoms with van der Waals surface area (Å²) in [4.78, 5) is 11.2. The third-order valence-electron chi connectivity index (χ3n) is 2.13. The van der Waals surface area contributed by atoms with Gasteiger partial charge in [-0.05, 0) is 38.5 Å². The fourth-order valence-electron chi connectivity index (χ4n) is 1.31. The monoisotopic (exact) mass is 237 g/mol. The second kappa shape index (κ2) is 6.25. The van der Waals surface area contributed by atoms with E-state index in [1.807, 2.05) is 19.1 Å². The van der Waals surface area contributed by atoms with Crippen LogP contribution in [0, 0.1) is 0 Å². The van der Waals surface area contributed by atoms with Crippen molar-refractivity contribution in [2.75, 3.05) is 6.61 Å². The van der Waals surface area contributed by atoms with Crippen molar-refractivity contribution in [2.45, 2.75) is 32.9 Å². The largest absolute Gasteiger partial charge is 0.482 e. The lowest BCUT2D eigenvalue weighted by Gasteiger charge is -2.10. The molecule has 0 saturated carbocycles. The molecule has 0 amide bonds. The number of carbonyl (C=O) groups is 1. The van der Waals surface area contributed by atoms with Gasteiger partial charge >= 0.3 is 5.97 Å². The Labute approximate surface area is 102 Å². The zero-order valence-electron chi connectivity index (χ0n) is 10.5. The lowest BCUT2D eigenvalue weighted by Crippen LogP contribution is -2.18. The fraction of sp³-hybridized carbons (Fsp3) is 0.462. The van der Waals surface area contributed by atoms with Gasteiger partial charge in [0.25, 0.3) is 0 Å². The second-order valence-electron chi connectivity index (χ2n) is 4.19. The lowest BCUT2D eigenvalue weighted by atomic mass is 10.1. The maximum Gasteiger partial charge on any atom is 0.344 e. The van der Waals surface area contributed by atoms with Crippen LogP contribution in [0.25, 0.3) is 0 Å².